The molecule has 1 aromatic carbocycles. The van der Waals surface area contributed by atoms with Crippen LogP contribution in [0.25, 0.3) is 0 Å². The molecule has 0 bridgehead atoms. The van der Waals surface area contributed by atoms with Crippen LogP contribution in [-0.4, -0.2) is 42.0 Å². The minimum atomic E-state index is 0.533. The largest absolute Gasteiger partial charge is 0.301 e. The smallest absolute Gasteiger partial charge is 0.0323 e. The van der Waals surface area contributed by atoms with Crippen LogP contribution in [0.1, 0.15) is 32.4 Å². The van der Waals surface area contributed by atoms with Gasteiger partial charge >= 0.3 is 0 Å². The molecule has 1 aliphatic heterocycles. The lowest BCUT2D eigenvalue weighted by atomic mass is 10.0. The van der Waals surface area contributed by atoms with Crippen LogP contribution in [-0.2, 0) is 0 Å². The van der Waals surface area contributed by atoms with E-state index in [0.29, 0.717) is 12.1 Å². The zero-order valence-electron chi connectivity index (χ0n) is 11.3. The maximum Gasteiger partial charge on any atom is 0.0323 e. The molecular formula is C15H24N2. The monoisotopic (exact) mass is 232 g/mol. The summed E-state index contributed by atoms with van der Waals surface area (Å²) < 4.78 is 0. The average molecular weight is 232 g/mol. The van der Waals surface area contributed by atoms with Gasteiger partial charge in [-0.15, -0.1) is 0 Å². The fourth-order valence-corrected chi connectivity index (χ4v) is 2.83. The zero-order valence-corrected chi connectivity index (χ0v) is 11.3. The Morgan fingerprint density at radius 2 is 1.94 bits per heavy atom. The fourth-order valence-electron chi connectivity index (χ4n) is 2.83. The summed E-state index contributed by atoms with van der Waals surface area (Å²) in [6.07, 6.45) is 0. The van der Waals surface area contributed by atoms with Gasteiger partial charge in [0.25, 0.3) is 0 Å². The lowest BCUT2D eigenvalue weighted by molar-refractivity contribution is 0.0570. The molecule has 0 radical (unpaired) electrons. The van der Waals surface area contributed by atoms with Crippen molar-refractivity contribution in [2.24, 2.45) is 0 Å². The third-order valence-corrected chi connectivity index (χ3v) is 3.99. The van der Waals surface area contributed by atoms with Crippen molar-refractivity contribution in [3.05, 3.63) is 35.9 Å². The van der Waals surface area contributed by atoms with Crippen molar-refractivity contribution in [1.29, 1.82) is 0 Å². The first-order chi connectivity index (χ1) is 8.22. The van der Waals surface area contributed by atoms with Crippen LogP contribution >= 0.6 is 0 Å². The van der Waals surface area contributed by atoms with E-state index >= 15 is 0 Å². The number of rotatable bonds is 3. The Balaban J connectivity index is 2.03. The van der Waals surface area contributed by atoms with Gasteiger partial charge in [0, 0.05) is 31.7 Å². The third-order valence-electron chi connectivity index (χ3n) is 3.99. The Morgan fingerprint density at radius 3 is 2.53 bits per heavy atom. The van der Waals surface area contributed by atoms with Gasteiger partial charge in [-0.2, -0.15) is 0 Å². The van der Waals surface area contributed by atoms with Crippen LogP contribution in [0.15, 0.2) is 30.3 Å². The highest BCUT2D eigenvalue weighted by atomic mass is 15.3. The Bertz CT molecular complexity index is 336. The van der Waals surface area contributed by atoms with E-state index < -0.39 is 0 Å². The fraction of sp³-hybridized carbons (Fsp3) is 0.600. The summed E-state index contributed by atoms with van der Waals surface area (Å²) in [5, 5.41) is 0. The maximum absolute atomic E-state index is 2.63. The van der Waals surface area contributed by atoms with Gasteiger partial charge in [-0.3, -0.25) is 4.90 Å². The van der Waals surface area contributed by atoms with E-state index in [0.717, 1.165) is 0 Å². The van der Waals surface area contributed by atoms with Crippen molar-refractivity contribution in [3.8, 4) is 0 Å². The van der Waals surface area contributed by atoms with Gasteiger partial charge in [0.15, 0.2) is 0 Å². The van der Waals surface area contributed by atoms with Gasteiger partial charge in [0.2, 0.25) is 0 Å². The summed E-state index contributed by atoms with van der Waals surface area (Å²) in [5.74, 6) is 0. The summed E-state index contributed by atoms with van der Waals surface area (Å²) in [4.78, 5) is 5.17. The van der Waals surface area contributed by atoms with E-state index in [1.54, 1.807) is 0 Å². The van der Waals surface area contributed by atoms with Gasteiger partial charge in [-0.05, 0) is 26.0 Å². The number of benzene rings is 1. The second-order valence-electron chi connectivity index (χ2n) is 5.07. The molecule has 2 nitrogen and oxygen atoms in total. The molecule has 0 spiro atoms. The first-order valence-electron chi connectivity index (χ1n) is 6.75. The van der Waals surface area contributed by atoms with Gasteiger partial charge in [0.1, 0.15) is 0 Å². The molecule has 0 saturated carbocycles. The Morgan fingerprint density at radius 1 is 1.24 bits per heavy atom. The molecule has 2 rings (SSSR count). The molecule has 94 valence electrons. The van der Waals surface area contributed by atoms with Crippen molar-refractivity contribution in [2.75, 3.05) is 26.2 Å². The molecule has 17 heavy (non-hydrogen) atoms. The Hall–Kier alpha value is -0.860. The first kappa shape index (κ1) is 12.6. The van der Waals surface area contributed by atoms with Crippen LogP contribution in [0.5, 0.6) is 0 Å². The van der Waals surface area contributed by atoms with E-state index in [9.17, 15) is 0 Å². The van der Waals surface area contributed by atoms with Crippen molar-refractivity contribution in [2.45, 2.75) is 32.9 Å². The molecule has 1 aliphatic rings. The third kappa shape index (κ3) is 2.88. The van der Waals surface area contributed by atoms with E-state index in [1.807, 2.05) is 0 Å². The van der Waals surface area contributed by atoms with Gasteiger partial charge in [-0.25, -0.2) is 0 Å². The molecule has 1 aromatic rings. The van der Waals surface area contributed by atoms with Crippen LogP contribution in [0.3, 0.4) is 0 Å². The highest BCUT2D eigenvalue weighted by molar-refractivity contribution is 5.18. The van der Waals surface area contributed by atoms with E-state index in [-0.39, 0.29) is 0 Å². The standard InChI is InChI=1S/C15H24N2/c1-4-16-10-11-17(13(2)12-16)14(3)15-8-6-5-7-9-15/h5-9,13-14H,4,10-12H2,1-3H3/t13-,14-/m1/s1. The summed E-state index contributed by atoms with van der Waals surface area (Å²) in [6, 6.07) is 12.0. The zero-order chi connectivity index (χ0) is 12.3. The van der Waals surface area contributed by atoms with Crippen LogP contribution in [0.2, 0.25) is 0 Å². The lowest BCUT2D eigenvalue weighted by Gasteiger charge is -2.42. The summed E-state index contributed by atoms with van der Waals surface area (Å²) in [5.41, 5.74) is 1.43. The molecule has 1 saturated heterocycles. The first-order valence-corrected chi connectivity index (χ1v) is 6.75. The summed E-state index contributed by atoms with van der Waals surface area (Å²) >= 11 is 0. The normalized spacial score (nSPS) is 24.8. The number of hydrogen-bond donors (Lipinski definition) is 0. The highest BCUT2D eigenvalue weighted by Gasteiger charge is 2.26. The van der Waals surface area contributed by atoms with Crippen LogP contribution in [0, 0.1) is 0 Å². The molecule has 0 amide bonds. The quantitative estimate of drug-likeness (QED) is 0.790. The highest BCUT2D eigenvalue weighted by Crippen LogP contribution is 2.24. The van der Waals surface area contributed by atoms with E-state index in [4.69, 9.17) is 0 Å². The van der Waals surface area contributed by atoms with Crippen molar-refractivity contribution in [3.63, 3.8) is 0 Å². The summed E-state index contributed by atoms with van der Waals surface area (Å²) in [7, 11) is 0. The molecular weight excluding hydrogens is 208 g/mol. The Labute approximate surface area is 105 Å². The average Bonchev–Trinajstić information content (AvgIpc) is 2.39. The molecule has 1 fully saturated rings. The van der Waals surface area contributed by atoms with Crippen molar-refractivity contribution in [1.82, 2.24) is 9.80 Å². The molecule has 0 unspecified atom stereocenters. The van der Waals surface area contributed by atoms with Gasteiger partial charge in [-0.1, -0.05) is 37.3 Å². The minimum absolute atomic E-state index is 0.533. The van der Waals surface area contributed by atoms with E-state index in [1.165, 1.54) is 31.7 Å². The van der Waals surface area contributed by atoms with Crippen molar-refractivity contribution >= 4 is 0 Å². The van der Waals surface area contributed by atoms with Gasteiger partial charge < -0.3 is 4.90 Å². The predicted octanol–water partition coefficient (Wildman–Crippen LogP) is 2.77. The number of likely N-dealkylation sites (N-methyl/N-ethyl adjacent to an activating group) is 1. The SMILES string of the molecule is CCN1CCN([C@H](C)c2ccccc2)[C@H](C)C1. The maximum atomic E-state index is 2.63. The second kappa shape index (κ2) is 5.65. The Kier molecular flexibility index (Phi) is 4.19. The topological polar surface area (TPSA) is 6.48 Å². The number of nitrogens with zero attached hydrogens (tertiary/aromatic N) is 2. The molecule has 2 atom stereocenters. The van der Waals surface area contributed by atoms with E-state index in [2.05, 4.69) is 60.9 Å². The molecule has 1 heterocycles. The van der Waals surface area contributed by atoms with Crippen LogP contribution < -0.4 is 0 Å². The number of hydrogen-bond acceptors (Lipinski definition) is 2. The minimum Gasteiger partial charge on any atom is -0.301 e. The predicted molar refractivity (Wildman–Crippen MR) is 73.1 cm³/mol. The molecule has 2 heteroatoms. The number of piperazine rings is 1. The lowest BCUT2D eigenvalue weighted by Crippen LogP contribution is -2.52. The van der Waals surface area contributed by atoms with Crippen LogP contribution in [0.4, 0.5) is 0 Å². The molecule has 0 aliphatic carbocycles. The van der Waals surface area contributed by atoms with Gasteiger partial charge in [0.05, 0.1) is 0 Å². The summed E-state index contributed by atoms with van der Waals surface area (Å²) in [6.45, 7) is 11.7. The molecule has 0 aromatic heterocycles. The second-order valence-corrected chi connectivity index (χ2v) is 5.07. The van der Waals surface area contributed by atoms with Crippen molar-refractivity contribution < 1.29 is 0 Å². The molecule has 0 N–H and O–H groups in total.